The van der Waals surface area contributed by atoms with Crippen LogP contribution in [0.1, 0.15) is 12.5 Å². The van der Waals surface area contributed by atoms with Crippen molar-refractivity contribution in [1.82, 2.24) is 9.55 Å². The zero-order chi connectivity index (χ0) is 19.5. The standard InChI is InChI=1S/C21H20ClN3O3/c22-15-6-7-18(28-12-19(23)26)17(10-15)21-20(14-4-2-1-3-5-14)24-13-25(21)16-8-9-27-11-16/h1-7,10,13,16H,8-9,11-12H2,(H2,23,26)/t16-/m0/s1. The van der Waals surface area contributed by atoms with Gasteiger partial charge in [0.15, 0.2) is 6.61 Å². The van der Waals surface area contributed by atoms with Crippen LogP contribution in [0.5, 0.6) is 5.75 Å². The molecule has 0 aliphatic carbocycles. The molecule has 0 unspecified atom stereocenters. The first-order chi connectivity index (χ1) is 13.6. The molecule has 0 saturated carbocycles. The Kier molecular flexibility index (Phi) is 5.32. The van der Waals surface area contributed by atoms with E-state index in [4.69, 9.17) is 31.8 Å². The van der Waals surface area contributed by atoms with E-state index in [9.17, 15) is 4.79 Å². The van der Waals surface area contributed by atoms with Crippen LogP contribution >= 0.6 is 11.6 Å². The lowest BCUT2D eigenvalue weighted by Crippen LogP contribution is -2.20. The summed E-state index contributed by atoms with van der Waals surface area (Å²) in [5.74, 6) is -0.0112. The molecule has 1 aliphatic rings. The van der Waals surface area contributed by atoms with Crippen LogP contribution in [0.4, 0.5) is 0 Å². The smallest absolute Gasteiger partial charge is 0.255 e. The Balaban J connectivity index is 1.89. The largest absolute Gasteiger partial charge is 0.483 e. The van der Waals surface area contributed by atoms with E-state index >= 15 is 0 Å². The van der Waals surface area contributed by atoms with E-state index in [0.29, 0.717) is 24.0 Å². The van der Waals surface area contributed by atoms with E-state index in [1.165, 1.54) is 0 Å². The Hall–Kier alpha value is -2.83. The molecule has 1 fully saturated rings. The van der Waals surface area contributed by atoms with Crippen LogP contribution in [0.3, 0.4) is 0 Å². The van der Waals surface area contributed by atoms with E-state index in [0.717, 1.165) is 28.9 Å². The van der Waals surface area contributed by atoms with Crippen LogP contribution in [-0.4, -0.2) is 35.3 Å². The van der Waals surface area contributed by atoms with Crippen molar-refractivity contribution >= 4 is 17.5 Å². The Morgan fingerprint density at radius 1 is 1.29 bits per heavy atom. The second kappa shape index (κ2) is 8.04. The van der Waals surface area contributed by atoms with Gasteiger partial charge in [-0.1, -0.05) is 41.9 Å². The third-order valence-electron chi connectivity index (χ3n) is 4.71. The number of nitrogens with two attached hydrogens (primary N) is 1. The minimum absolute atomic E-state index is 0.169. The number of ether oxygens (including phenoxy) is 2. The van der Waals surface area contributed by atoms with Gasteiger partial charge in [-0.25, -0.2) is 4.98 Å². The predicted octanol–water partition coefficient (Wildman–Crippen LogP) is 3.70. The van der Waals surface area contributed by atoms with E-state index in [-0.39, 0.29) is 12.6 Å². The lowest BCUT2D eigenvalue weighted by Gasteiger charge is -2.18. The number of carbonyl (C=O) groups excluding carboxylic acids is 1. The molecule has 144 valence electrons. The number of hydrogen-bond acceptors (Lipinski definition) is 4. The Morgan fingerprint density at radius 3 is 2.82 bits per heavy atom. The van der Waals surface area contributed by atoms with Gasteiger partial charge in [0.05, 0.1) is 30.4 Å². The lowest BCUT2D eigenvalue weighted by molar-refractivity contribution is -0.119. The molecule has 28 heavy (non-hydrogen) atoms. The summed E-state index contributed by atoms with van der Waals surface area (Å²) >= 11 is 6.31. The molecule has 1 aromatic heterocycles. The highest BCUT2D eigenvalue weighted by Gasteiger charge is 2.26. The van der Waals surface area contributed by atoms with Gasteiger partial charge < -0.3 is 19.8 Å². The number of carbonyl (C=O) groups is 1. The fourth-order valence-electron chi connectivity index (χ4n) is 3.42. The molecule has 7 heteroatoms. The summed E-state index contributed by atoms with van der Waals surface area (Å²) in [5.41, 5.74) is 8.71. The van der Waals surface area contributed by atoms with Crippen molar-refractivity contribution in [2.24, 2.45) is 5.73 Å². The Bertz CT molecular complexity index is 982. The van der Waals surface area contributed by atoms with Crippen molar-refractivity contribution in [3.8, 4) is 28.3 Å². The topological polar surface area (TPSA) is 79.4 Å². The van der Waals surface area contributed by atoms with Gasteiger partial charge in [-0.3, -0.25) is 4.79 Å². The molecule has 1 aliphatic heterocycles. The van der Waals surface area contributed by atoms with Gasteiger partial charge in [0, 0.05) is 22.8 Å². The second-order valence-corrected chi connectivity index (χ2v) is 7.06. The van der Waals surface area contributed by atoms with Gasteiger partial charge in [-0.2, -0.15) is 0 Å². The minimum Gasteiger partial charge on any atom is -0.483 e. The molecular weight excluding hydrogens is 378 g/mol. The average molecular weight is 398 g/mol. The maximum Gasteiger partial charge on any atom is 0.255 e. The summed E-state index contributed by atoms with van der Waals surface area (Å²) < 4.78 is 13.4. The molecular formula is C21H20ClN3O3. The first kappa shape index (κ1) is 18.5. The van der Waals surface area contributed by atoms with Crippen molar-refractivity contribution in [1.29, 1.82) is 0 Å². The van der Waals surface area contributed by atoms with Gasteiger partial charge >= 0.3 is 0 Å². The zero-order valence-corrected chi connectivity index (χ0v) is 15.9. The third-order valence-corrected chi connectivity index (χ3v) is 4.94. The number of rotatable bonds is 6. The van der Waals surface area contributed by atoms with Gasteiger partial charge in [0.1, 0.15) is 5.75 Å². The van der Waals surface area contributed by atoms with Crippen LogP contribution in [0.25, 0.3) is 22.5 Å². The Labute approximate surface area is 167 Å². The minimum atomic E-state index is -0.540. The van der Waals surface area contributed by atoms with E-state index < -0.39 is 5.91 Å². The van der Waals surface area contributed by atoms with Gasteiger partial charge in [-0.05, 0) is 24.6 Å². The first-order valence-electron chi connectivity index (χ1n) is 9.04. The molecule has 4 rings (SSSR count). The number of primary amides is 1. The van der Waals surface area contributed by atoms with Gasteiger partial charge in [0.25, 0.3) is 5.91 Å². The SMILES string of the molecule is NC(=O)COc1ccc(Cl)cc1-c1c(-c2ccccc2)ncn1[C@H]1CCOC1. The fourth-order valence-corrected chi connectivity index (χ4v) is 3.59. The average Bonchev–Trinajstić information content (AvgIpc) is 3.37. The highest BCUT2D eigenvalue weighted by atomic mass is 35.5. The van der Waals surface area contributed by atoms with Crippen molar-refractivity contribution in [3.05, 3.63) is 59.9 Å². The summed E-state index contributed by atoms with van der Waals surface area (Å²) in [4.78, 5) is 15.9. The van der Waals surface area contributed by atoms with Gasteiger partial charge in [0.2, 0.25) is 0 Å². The summed E-state index contributed by atoms with van der Waals surface area (Å²) in [6.45, 7) is 1.12. The Morgan fingerprint density at radius 2 is 2.11 bits per heavy atom. The number of aromatic nitrogens is 2. The molecule has 6 nitrogen and oxygen atoms in total. The van der Waals surface area contributed by atoms with Crippen molar-refractivity contribution in [3.63, 3.8) is 0 Å². The number of benzene rings is 2. The monoisotopic (exact) mass is 397 g/mol. The summed E-state index contributed by atoms with van der Waals surface area (Å²) in [6.07, 6.45) is 2.73. The molecule has 1 saturated heterocycles. The number of amides is 1. The maximum atomic E-state index is 11.2. The first-order valence-corrected chi connectivity index (χ1v) is 9.42. The van der Waals surface area contributed by atoms with E-state index in [1.807, 2.05) is 42.7 Å². The van der Waals surface area contributed by atoms with Gasteiger partial charge in [-0.15, -0.1) is 0 Å². The van der Waals surface area contributed by atoms with Crippen LogP contribution < -0.4 is 10.5 Å². The summed E-state index contributed by atoms with van der Waals surface area (Å²) in [5, 5.41) is 0.566. The number of imidazole rings is 1. The second-order valence-electron chi connectivity index (χ2n) is 6.63. The molecule has 0 spiro atoms. The number of nitrogens with zero attached hydrogens (tertiary/aromatic N) is 2. The quantitative estimate of drug-likeness (QED) is 0.687. The molecule has 0 radical (unpaired) electrons. The molecule has 3 aromatic rings. The van der Waals surface area contributed by atoms with Crippen LogP contribution in [0.15, 0.2) is 54.9 Å². The number of hydrogen-bond donors (Lipinski definition) is 1. The van der Waals surface area contributed by atoms with Crippen LogP contribution in [0, 0.1) is 0 Å². The molecule has 1 amide bonds. The zero-order valence-electron chi connectivity index (χ0n) is 15.2. The summed E-state index contributed by atoms with van der Waals surface area (Å²) in [7, 11) is 0. The molecule has 0 bridgehead atoms. The normalized spacial score (nSPS) is 16.2. The van der Waals surface area contributed by atoms with E-state index in [2.05, 4.69) is 4.57 Å². The van der Waals surface area contributed by atoms with Crippen molar-refractivity contribution in [2.45, 2.75) is 12.5 Å². The summed E-state index contributed by atoms with van der Waals surface area (Å²) in [6, 6.07) is 15.4. The van der Waals surface area contributed by atoms with Crippen molar-refractivity contribution < 1.29 is 14.3 Å². The van der Waals surface area contributed by atoms with Crippen molar-refractivity contribution in [2.75, 3.05) is 19.8 Å². The molecule has 2 N–H and O–H groups in total. The number of halogens is 1. The highest BCUT2D eigenvalue weighted by Crippen LogP contribution is 2.40. The van der Waals surface area contributed by atoms with Crippen LogP contribution in [0.2, 0.25) is 5.02 Å². The molecule has 2 aromatic carbocycles. The third kappa shape index (κ3) is 3.74. The molecule has 1 atom stereocenters. The predicted molar refractivity (Wildman–Crippen MR) is 107 cm³/mol. The maximum absolute atomic E-state index is 11.2. The highest BCUT2D eigenvalue weighted by molar-refractivity contribution is 6.31. The van der Waals surface area contributed by atoms with Crippen LogP contribution in [-0.2, 0) is 9.53 Å². The lowest BCUT2D eigenvalue weighted by atomic mass is 10.0. The van der Waals surface area contributed by atoms with E-state index in [1.54, 1.807) is 12.1 Å². The molecule has 2 heterocycles. The fraction of sp³-hybridized carbons (Fsp3) is 0.238.